The zero-order chi connectivity index (χ0) is 24.6. The SMILES string of the molecule is COc1ccc(CN2CCN(C(=O)c3ccccc3SCC(=O)N(C)C3CCCCC3)CC2)cc1. The number of nitrogens with zero attached hydrogens (tertiary/aromatic N) is 3. The highest BCUT2D eigenvalue weighted by molar-refractivity contribution is 8.00. The lowest BCUT2D eigenvalue weighted by Gasteiger charge is -2.35. The number of ether oxygens (including phenoxy) is 1. The van der Waals surface area contributed by atoms with Crippen molar-refractivity contribution < 1.29 is 14.3 Å². The first-order chi connectivity index (χ1) is 17.0. The Bertz CT molecular complexity index is 983. The van der Waals surface area contributed by atoms with Gasteiger partial charge < -0.3 is 14.5 Å². The van der Waals surface area contributed by atoms with Crippen LogP contribution in [0, 0.1) is 0 Å². The topological polar surface area (TPSA) is 53.1 Å². The molecule has 0 radical (unpaired) electrons. The molecule has 6 nitrogen and oxygen atoms in total. The molecular formula is C28H37N3O3S. The van der Waals surface area contributed by atoms with E-state index in [0.29, 0.717) is 30.4 Å². The second kappa shape index (κ2) is 12.5. The molecule has 188 valence electrons. The zero-order valence-corrected chi connectivity index (χ0v) is 21.8. The molecule has 4 rings (SSSR count). The Kier molecular flexibility index (Phi) is 9.10. The summed E-state index contributed by atoms with van der Waals surface area (Å²) in [6.07, 6.45) is 5.90. The summed E-state index contributed by atoms with van der Waals surface area (Å²) in [5, 5.41) is 0. The third-order valence-corrected chi connectivity index (χ3v) is 8.27. The second-order valence-electron chi connectivity index (χ2n) is 9.50. The van der Waals surface area contributed by atoms with Gasteiger partial charge in [0.15, 0.2) is 0 Å². The molecular weight excluding hydrogens is 458 g/mol. The number of rotatable bonds is 8. The van der Waals surface area contributed by atoms with E-state index in [1.54, 1.807) is 7.11 Å². The third kappa shape index (κ3) is 6.79. The van der Waals surface area contributed by atoms with Crippen LogP contribution in [0.15, 0.2) is 53.4 Å². The molecule has 7 heteroatoms. The minimum atomic E-state index is 0.0604. The van der Waals surface area contributed by atoms with Gasteiger partial charge in [-0.1, -0.05) is 43.5 Å². The molecule has 0 aromatic heterocycles. The number of hydrogen-bond donors (Lipinski definition) is 0. The maximum absolute atomic E-state index is 13.4. The molecule has 1 saturated heterocycles. The molecule has 1 heterocycles. The smallest absolute Gasteiger partial charge is 0.255 e. The fourth-order valence-electron chi connectivity index (χ4n) is 4.95. The molecule has 1 aliphatic heterocycles. The fourth-order valence-corrected chi connectivity index (χ4v) is 5.92. The summed E-state index contributed by atoms with van der Waals surface area (Å²) >= 11 is 1.49. The van der Waals surface area contributed by atoms with Gasteiger partial charge in [0.05, 0.1) is 18.4 Å². The Hall–Kier alpha value is -2.51. The number of amides is 2. The van der Waals surface area contributed by atoms with E-state index in [0.717, 1.165) is 43.1 Å². The average molecular weight is 496 g/mol. The number of carbonyl (C=O) groups is 2. The van der Waals surface area contributed by atoms with Crippen molar-refractivity contribution in [1.82, 2.24) is 14.7 Å². The minimum Gasteiger partial charge on any atom is -0.497 e. The van der Waals surface area contributed by atoms with E-state index in [9.17, 15) is 9.59 Å². The summed E-state index contributed by atoms with van der Waals surface area (Å²) in [5.74, 6) is 1.44. The average Bonchev–Trinajstić information content (AvgIpc) is 2.92. The van der Waals surface area contributed by atoms with Crippen molar-refractivity contribution in [3.05, 3.63) is 59.7 Å². The van der Waals surface area contributed by atoms with Gasteiger partial charge in [0.2, 0.25) is 5.91 Å². The van der Waals surface area contributed by atoms with Crippen molar-refractivity contribution in [2.75, 3.05) is 46.1 Å². The molecule has 1 saturated carbocycles. The third-order valence-electron chi connectivity index (χ3n) is 7.21. The summed E-state index contributed by atoms with van der Waals surface area (Å²) in [7, 11) is 3.61. The Morgan fingerprint density at radius 2 is 1.66 bits per heavy atom. The molecule has 2 aromatic rings. The van der Waals surface area contributed by atoms with Crippen LogP contribution in [-0.4, -0.2) is 78.6 Å². The van der Waals surface area contributed by atoms with Gasteiger partial charge in [-0.3, -0.25) is 14.5 Å². The monoisotopic (exact) mass is 495 g/mol. The van der Waals surface area contributed by atoms with Gasteiger partial charge in [-0.15, -0.1) is 11.8 Å². The summed E-state index contributed by atoms with van der Waals surface area (Å²) < 4.78 is 5.24. The van der Waals surface area contributed by atoms with Crippen LogP contribution in [0.2, 0.25) is 0 Å². The summed E-state index contributed by atoms with van der Waals surface area (Å²) in [6, 6.07) is 16.2. The van der Waals surface area contributed by atoms with Crippen LogP contribution in [0.5, 0.6) is 5.75 Å². The Balaban J connectivity index is 1.30. The van der Waals surface area contributed by atoms with E-state index in [2.05, 4.69) is 17.0 Å². The lowest BCUT2D eigenvalue weighted by Crippen LogP contribution is -2.48. The molecule has 35 heavy (non-hydrogen) atoms. The normalized spacial score (nSPS) is 17.3. The quantitative estimate of drug-likeness (QED) is 0.504. The molecule has 0 spiro atoms. The Labute approximate surface area is 213 Å². The number of thioether (sulfide) groups is 1. The molecule has 2 amide bonds. The lowest BCUT2D eigenvalue weighted by atomic mass is 9.94. The van der Waals surface area contributed by atoms with Crippen molar-refractivity contribution in [2.24, 2.45) is 0 Å². The zero-order valence-electron chi connectivity index (χ0n) is 20.9. The standard InChI is InChI=1S/C28H37N3O3S/c1-29(23-8-4-3-5-9-23)27(32)21-35-26-11-7-6-10-25(26)28(33)31-18-16-30(17-19-31)20-22-12-14-24(34-2)15-13-22/h6-7,10-15,23H,3-5,8-9,16-21H2,1-2H3. The van der Waals surface area contributed by atoms with Crippen LogP contribution in [0.4, 0.5) is 0 Å². The van der Waals surface area contributed by atoms with Crippen LogP contribution < -0.4 is 4.74 Å². The highest BCUT2D eigenvalue weighted by atomic mass is 32.2. The van der Waals surface area contributed by atoms with Crippen LogP contribution in [0.25, 0.3) is 0 Å². The van der Waals surface area contributed by atoms with E-state index in [-0.39, 0.29) is 11.8 Å². The van der Waals surface area contributed by atoms with Crippen LogP contribution >= 0.6 is 11.8 Å². The van der Waals surface area contributed by atoms with Gasteiger partial charge in [-0.25, -0.2) is 0 Å². The maximum atomic E-state index is 13.4. The lowest BCUT2D eigenvalue weighted by molar-refractivity contribution is -0.129. The summed E-state index contributed by atoms with van der Waals surface area (Å²) in [5.41, 5.74) is 1.95. The van der Waals surface area contributed by atoms with E-state index in [1.165, 1.54) is 36.6 Å². The van der Waals surface area contributed by atoms with Gasteiger partial charge in [-0.05, 0) is 42.7 Å². The predicted molar refractivity (Wildman–Crippen MR) is 141 cm³/mol. The molecule has 0 unspecified atom stereocenters. The van der Waals surface area contributed by atoms with Crippen molar-refractivity contribution >= 4 is 23.6 Å². The summed E-state index contributed by atoms with van der Waals surface area (Å²) in [6.45, 7) is 3.97. The van der Waals surface area contributed by atoms with Gasteiger partial charge >= 0.3 is 0 Å². The van der Waals surface area contributed by atoms with Gasteiger partial charge in [0.25, 0.3) is 5.91 Å². The molecule has 0 N–H and O–H groups in total. The number of carbonyl (C=O) groups excluding carboxylic acids is 2. The first-order valence-electron chi connectivity index (χ1n) is 12.7. The number of piperazine rings is 1. The number of methoxy groups -OCH3 is 1. The van der Waals surface area contributed by atoms with E-state index < -0.39 is 0 Å². The maximum Gasteiger partial charge on any atom is 0.255 e. The molecule has 1 aliphatic carbocycles. The van der Waals surface area contributed by atoms with Crippen LogP contribution in [-0.2, 0) is 11.3 Å². The van der Waals surface area contributed by atoms with Gasteiger partial charge in [0, 0.05) is 50.7 Å². The first-order valence-corrected chi connectivity index (χ1v) is 13.7. The van der Waals surface area contributed by atoms with Crippen LogP contribution in [0.1, 0.15) is 48.0 Å². The van der Waals surface area contributed by atoms with Crippen LogP contribution in [0.3, 0.4) is 0 Å². The molecule has 0 bridgehead atoms. The van der Waals surface area contributed by atoms with Gasteiger partial charge in [0.1, 0.15) is 5.75 Å². The van der Waals surface area contributed by atoms with Crippen molar-refractivity contribution in [3.63, 3.8) is 0 Å². The highest BCUT2D eigenvalue weighted by Gasteiger charge is 2.25. The Morgan fingerprint density at radius 1 is 0.971 bits per heavy atom. The molecule has 2 aromatic carbocycles. The van der Waals surface area contributed by atoms with Crippen molar-refractivity contribution in [3.8, 4) is 5.75 Å². The highest BCUT2D eigenvalue weighted by Crippen LogP contribution is 2.27. The molecule has 2 aliphatic rings. The van der Waals surface area contributed by atoms with Crippen molar-refractivity contribution in [1.29, 1.82) is 0 Å². The largest absolute Gasteiger partial charge is 0.497 e. The number of benzene rings is 2. The predicted octanol–water partition coefficient (Wildman–Crippen LogP) is 4.54. The number of hydrogen-bond acceptors (Lipinski definition) is 5. The second-order valence-corrected chi connectivity index (χ2v) is 10.5. The fraction of sp³-hybridized carbons (Fsp3) is 0.500. The van der Waals surface area contributed by atoms with E-state index in [4.69, 9.17) is 4.74 Å². The van der Waals surface area contributed by atoms with Gasteiger partial charge in [-0.2, -0.15) is 0 Å². The van der Waals surface area contributed by atoms with E-state index >= 15 is 0 Å². The first kappa shape index (κ1) is 25.6. The van der Waals surface area contributed by atoms with Crippen molar-refractivity contribution in [2.45, 2.75) is 49.6 Å². The van der Waals surface area contributed by atoms with E-state index in [1.807, 2.05) is 53.2 Å². The molecule has 0 atom stereocenters. The molecule has 2 fully saturated rings. The Morgan fingerprint density at radius 3 is 2.34 bits per heavy atom. The minimum absolute atomic E-state index is 0.0604. The summed E-state index contributed by atoms with van der Waals surface area (Å²) in [4.78, 5) is 33.3.